The topological polar surface area (TPSA) is 90.5 Å². The summed E-state index contributed by atoms with van der Waals surface area (Å²) in [5.41, 5.74) is 1.56. The number of rotatable bonds is 4. The number of aliphatic hydroxyl groups excluding tert-OH is 1. The first kappa shape index (κ1) is 18.2. The van der Waals surface area contributed by atoms with E-state index < -0.39 is 6.04 Å². The summed E-state index contributed by atoms with van der Waals surface area (Å²) in [5.74, 6) is -0.256. The molecule has 2 fully saturated rings. The van der Waals surface area contributed by atoms with Gasteiger partial charge in [-0.3, -0.25) is 9.59 Å². The minimum atomic E-state index is -0.474. The molecule has 1 saturated heterocycles. The fourth-order valence-corrected chi connectivity index (χ4v) is 3.77. The number of benzene rings is 1. The lowest BCUT2D eigenvalue weighted by Gasteiger charge is -2.28. The maximum absolute atomic E-state index is 12.5. The van der Waals surface area contributed by atoms with Crippen LogP contribution in [0.15, 0.2) is 22.7 Å². The Hall–Kier alpha value is -1.60. The third-order valence-electron chi connectivity index (χ3n) is 4.84. The van der Waals surface area contributed by atoms with Gasteiger partial charge in [-0.05, 0) is 56.7 Å². The molecule has 1 aromatic carbocycles. The number of anilines is 2. The van der Waals surface area contributed by atoms with Crippen LogP contribution in [0.25, 0.3) is 0 Å². The van der Waals surface area contributed by atoms with Crippen molar-refractivity contribution in [1.82, 2.24) is 5.32 Å². The van der Waals surface area contributed by atoms with E-state index in [-0.39, 0.29) is 24.0 Å². The van der Waals surface area contributed by atoms with Crippen LogP contribution < -0.4 is 16.0 Å². The SMILES string of the molecule is O=C1CCCC(C(=O)Nc2cc(Br)ccc2NC2CCC(O)CC2)N1. The first-order valence-corrected chi connectivity index (χ1v) is 9.65. The molecular formula is C18H24BrN3O3. The predicted molar refractivity (Wildman–Crippen MR) is 100 cm³/mol. The Labute approximate surface area is 155 Å². The number of hydrogen-bond acceptors (Lipinski definition) is 4. The number of nitrogens with one attached hydrogen (secondary N) is 3. The van der Waals surface area contributed by atoms with E-state index in [0.29, 0.717) is 18.5 Å². The summed E-state index contributed by atoms with van der Waals surface area (Å²) in [4.78, 5) is 24.0. The van der Waals surface area contributed by atoms with Gasteiger partial charge in [0.25, 0.3) is 0 Å². The molecule has 1 aliphatic heterocycles. The van der Waals surface area contributed by atoms with Crippen LogP contribution in [0.4, 0.5) is 11.4 Å². The van der Waals surface area contributed by atoms with Crippen molar-refractivity contribution in [2.45, 2.75) is 63.1 Å². The Morgan fingerprint density at radius 1 is 1.16 bits per heavy atom. The molecule has 4 N–H and O–H groups in total. The van der Waals surface area contributed by atoms with Crippen molar-refractivity contribution in [2.24, 2.45) is 0 Å². The van der Waals surface area contributed by atoms with Crippen molar-refractivity contribution in [3.05, 3.63) is 22.7 Å². The van der Waals surface area contributed by atoms with E-state index in [9.17, 15) is 14.7 Å². The van der Waals surface area contributed by atoms with Gasteiger partial charge in [-0.2, -0.15) is 0 Å². The average molecular weight is 410 g/mol. The van der Waals surface area contributed by atoms with Crippen molar-refractivity contribution < 1.29 is 14.7 Å². The monoisotopic (exact) mass is 409 g/mol. The van der Waals surface area contributed by atoms with Crippen LogP contribution in [0.2, 0.25) is 0 Å². The highest BCUT2D eigenvalue weighted by Crippen LogP contribution is 2.30. The van der Waals surface area contributed by atoms with E-state index in [4.69, 9.17) is 0 Å². The van der Waals surface area contributed by atoms with Gasteiger partial charge in [-0.25, -0.2) is 0 Å². The van der Waals surface area contributed by atoms with Crippen LogP contribution in [0.5, 0.6) is 0 Å². The minimum Gasteiger partial charge on any atom is -0.393 e. The smallest absolute Gasteiger partial charge is 0.247 e. The molecule has 0 bridgehead atoms. The van der Waals surface area contributed by atoms with E-state index in [1.54, 1.807) is 0 Å². The van der Waals surface area contributed by atoms with E-state index in [0.717, 1.165) is 42.3 Å². The summed E-state index contributed by atoms with van der Waals surface area (Å²) in [5, 5.41) is 18.8. The summed E-state index contributed by atoms with van der Waals surface area (Å²) >= 11 is 3.44. The predicted octanol–water partition coefficient (Wildman–Crippen LogP) is 2.77. The van der Waals surface area contributed by atoms with Crippen molar-refractivity contribution in [3.63, 3.8) is 0 Å². The van der Waals surface area contributed by atoms with Crippen LogP contribution in [0.3, 0.4) is 0 Å². The second-order valence-electron chi connectivity index (χ2n) is 6.84. The van der Waals surface area contributed by atoms with Gasteiger partial charge in [0, 0.05) is 16.9 Å². The van der Waals surface area contributed by atoms with Crippen LogP contribution in [-0.2, 0) is 9.59 Å². The first-order valence-electron chi connectivity index (χ1n) is 8.85. The third kappa shape index (κ3) is 4.95. The Bertz CT molecular complexity index is 644. The van der Waals surface area contributed by atoms with Crippen molar-refractivity contribution in [1.29, 1.82) is 0 Å². The van der Waals surface area contributed by atoms with Gasteiger partial charge >= 0.3 is 0 Å². The molecule has 1 unspecified atom stereocenters. The number of piperidine rings is 1. The molecule has 6 nitrogen and oxygen atoms in total. The molecule has 1 atom stereocenters. The van der Waals surface area contributed by atoms with Crippen LogP contribution >= 0.6 is 15.9 Å². The first-order chi connectivity index (χ1) is 12.0. The Balaban J connectivity index is 1.68. The fourth-order valence-electron chi connectivity index (χ4n) is 3.41. The number of aliphatic hydroxyl groups is 1. The van der Waals surface area contributed by atoms with Gasteiger partial charge in [0.2, 0.25) is 11.8 Å². The number of hydrogen-bond donors (Lipinski definition) is 4. The Kier molecular flexibility index (Phi) is 5.96. The number of amides is 2. The Morgan fingerprint density at radius 3 is 2.64 bits per heavy atom. The molecule has 1 heterocycles. The molecule has 7 heteroatoms. The lowest BCUT2D eigenvalue weighted by atomic mass is 9.93. The molecular weight excluding hydrogens is 386 g/mol. The molecule has 2 aliphatic rings. The lowest BCUT2D eigenvalue weighted by Crippen LogP contribution is -2.46. The second kappa shape index (κ2) is 8.19. The van der Waals surface area contributed by atoms with Gasteiger partial charge in [-0.15, -0.1) is 0 Å². The minimum absolute atomic E-state index is 0.0697. The summed E-state index contributed by atoms with van der Waals surface area (Å²) in [6.07, 6.45) is 5.09. The van der Waals surface area contributed by atoms with Crippen LogP contribution in [-0.4, -0.2) is 35.1 Å². The van der Waals surface area contributed by atoms with E-state index in [2.05, 4.69) is 31.9 Å². The summed E-state index contributed by atoms with van der Waals surface area (Å²) < 4.78 is 0.875. The maximum Gasteiger partial charge on any atom is 0.247 e. The standard InChI is InChI=1S/C18H24BrN3O3/c19-11-4-9-14(20-12-5-7-13(23)8-6-12)16(10-11)22-18(25)15-2-1-3-17(24)21-15/h4,9-10,12-13,15,20,23H,1-3,5-8H2,(H,21,24)(H,22,25). The summed E-state index contributed by atoms with van der Waals surface area (Å²) in [6, 6.07) is 5.54. The molecule has 0 spiro atoms. The highest BCUT2D eigenvalue weighted by Gasteiger charge is 2.26. The van der Waals surface area contributed by atoms with Gasteiger partial charge in [-0.1, -0.05) is 15.9 Å². The van der Waals surface area contributed by atoms with Crippen molar-refractivity contribution >= 4 is 39.1 Å². The van der Waals surface area contributed by atoms with Gasteiger partial charge in [0.1, 0.15) is 6.04 Å². The molecule has 1 saturated carbocycles. The van der Waals surface area contributed by atoms with E-state index >= 15 is 0 Å². The highest BCUT2D eigenvalue weighted by atomic mass is 79.9. The van der Waals surface area contributed by atoms with Crippen molar-refractivity contribution in [2.75, 3.05) is 10.6 Å². The van der Waals surface area contributed by atoms with E-state index in [1.165, 1.54) is 0 Å². The average Bonchev–Trinajstić information content (AvgIpc) is 2.59. The molecule has 1 aliphatic carbocycles. The van der Waals surface area contributed by atoms with Crippen LogP contribution in [0.1, 0.15) is 44.9 Å². The molecule has 1 aromatic rings. The van der Waals surface area contributed by atoms with E-state index in [1.807, 2.05) is 18.2 Å². The molecule has 0 aromatic heterocycles. The molecule has 0 radical (unpaired) electrons. The lowest BCUT2D eigenvalue weighted by molar-refractivity contribution is -0.128. The van der Waals surface area contributed by atoms with Gasteiger partial charge in [0.15, 0.2) is 0 Å². The van der Waals surface area contributed by atoms with Crippen LogP contribution in [0, 0.1) is 0 Å². The van der Waals surface area contributed by atoms with Gasteiger partial charge < -0.3 is 21.1 Å². The Morgan fingerprint density at radius 2 is 1.92 bits per heavy atom. The summed E-state index contributed by atoms with van der Waals surface area (Å²) in [6.45, 7) is 0. The van der Waals surface area contributed by atoms with Gasteiger partial charge in [0.05, 0.1) is 17.5 Å². The molecule has 3 rings (SSSR count). The summed E-state index contributed by atoms with van der Waals surface area (Å²) in [7, 11) is 0. The zero-order valence-electron chi connectivity index (χ0n) is 14.1. The molecule has 2 amide bonds. The fraction of sp³-hybridized carbons (Fsp3) is 0.556. The molecule has 136 valence electrons. The molecule has 25 heavy (non-hydrogen) atoms. The highest BCUT2D eigenvalue weighted by molar-refractivity contribution is 9.10. The zero-order valence-corrected chi connectivity index (χ0v) is 15.6. The maximum atomic E-state index is 12.5. The third-order valence-corrected chi connectivity index (χ3v) is 5.34. The number of carbonyl (C=O) groups excluding carboxylic acids is 2. The number of halogens is 1. The quantitative estimate of drug-likeness (QED) is 0.615. The largest absolute Gasteiger partial charge is 0.393 e. The zero-order chi connectivity index (χ0) is 17.8. The number of carbonyl (C=O) groups is 2. The second-order valence-corrected chi connectivity index (χ2v) is 7.76. The van der Waals surface area contributed by atoms with Crippen molar-refractivity contribution in [3.8, 4) is 0 Å². The normalized spacial score (nSPS) is 26.6.